The average Bonchev–Trinajstić information content (AvgIpc) is 1.87. The second kappa shape index (κ2) is 5.42. The first-order valence-electron chi connectivity index (χ1n) is 3.69. The molecule has 0 aliphatic rings. The van der Waals surface area contributed by atoms with Gasteiger partial charge in [-0.05, 0) is 26.7 Å². The van der Waals surface area contributed by atoms with Crippen LogP contribution >= 0.6 is 0 Å². The van der Waals surface area contributed by atoms with Gasteiger partial charge in [0.25, 0.3) is 0 Å². The molecule has 0 fully saturated rings. The summed E-state index contributed by atoms with van der Waals surface area (Å²) < 4.78 is 5.02. The van der Waals surface area contributed by atoms with Crippen LogP contribution in [-0.4, -0.2) is 19.0 Å². The number of rotatable bonds is 5. The van der Waals surface area contributed by atoms with Gasteiger partial charge in [-0.3, -0.25) is 0 Å². The van der Waals surface area contributed by atoms with Crippen molar-refractivity contribution in [3.63, 3.8) is 0 Å². The Morgan fingerprint density at radius 2 is 2.20 bits per heavy atom. The molecule has 2 nitrogen and oxygen atoms in total. The molecule has 0 rings (SSSR count). The molecule has 0 radical (unpaired) electrons. The van der Waals surface area contributed by atoms with E-state index in [2.05, 4.69) is 0 Å². The van der Waals surface area contributed by atoms with Gasteiger partial charge in [0, 0.05) is 13.5 Å². The Bertz CT molecular complexity index is 99.4. The third kappa shape index (κ3) is 5.76. The molecule has 2 heteroatoms. The molecule has 0 aromatic rings. The average molecular weight is 144 g/mol. The highest BCUT2D eigenvalue weighted by atomic mass is 16.5. The zero-order chi connectivity index (χ0) is 7.98. The Labute approximate surface area is 62.6 Å². The maximum atomic E-state index is 10.5. The summed E-state index contributed by atoms with van der Waals surface area (Å²) in [6.45, 7) is 3.64. The van der Waals surface area contributed by atoms with Crippen LogP contribution < -0.4 is 0 Å². The lowest BCUT2D eigenvalue weighted by Gasteiger charge is -2.06. The monoisotopic (exact) mass is 144 g/mol. The van der Waals surface area contributed by atoms with Gasteiger partial charge in [-0.15, -0.1) is 0 Å². The predicted molar refractivity (Wildman–Crippen MR) is 41.0 cm³/mol. The summed E-state index contributed by atoms with van der Waals surface area (Å²) in [5.74, 6) is 0.267. The Kier molecular flexibility index (Phi) is 5.22. The lowest BCUT2D eigenvalue weighted by Crippen LogP contribution is -2.04. The number of ketones is 1. The number of Topliss-reactive ketones (excluding diaryl/α,β-unsaturated/α-hetero) is 1. The van der Waals surface area contributed by atoms with Gasteiger partial charge in [0.2, 0.25) is 0 Å². The van der Waals surface area contributed by atoms with Crippen molar-refractivity contribution < 1.29 is 9.53 Å². The van der Waals surface area contributed by atoms with Gasteiger partial charge >= 0.3 is 0 Å². The van der Waals surface area contributed by atoms with Crippen molar-refractivity contribution in [3.05, 3.63) is 0 Å². The van der Waals surface area contributed by atoms with Crippen molar-refractivity contribution in [1.82, 2.24) is 0 Å². The molecule has 1 unspecified atom stereocenters. The van der Waals surface area contributed by atoms with Crippen LogP contribution in [-0.2, 0) is 9.53 Å². The molecule has 0 aromatic carbocycles. The number of methoxy groups -OCH3 is 1. The summed E-state index contributed by atoms with van der Waals surface area (Å²) >= 11 is 0. The first-order valence-corrected chi connectivity index (χ1v) is 3.69. The van der Waals surface area contributed by atoms with Gasteiger partial charge < -0.3 is 9.53 Å². The maximum Gasteiger partial charge on any atom is 0.129 e. The molecule has 0 spiro atoms. The van der Waals surface area contributed by atoms with E-state index in [1.54, 1.807) is 14.0 Å². The van der Waals surface area contributed by atoms with E-state index in [1.807, 2.05) is 6.92 Å². The van der Waals surface area contributed by atoms with Gasteiger partial charge in [-0.1, -0.05) is 0 Å². The fourth-order valence-electron chi connectivity index (χ4n) is 0.756. The Hall–Kier alpha value is -0.370. The second-order valence-electron chi connectivity index (χ2n) is 2.64. The molecule has 0 heterocycles. The lowest BCUT2D eigenvalue weighted by molar-refractivity contribution is -0.117. The molecule has 1 atom stereocenters. The standard InChI is InChI=1S/C8H16O2/c1-7(9)5-4-6-8(2)10-3/h8H,4-6H2,1-3H3. The molecule has 0 aliphatic heterocycles. The molecule has 0 aromatic heterocycles. The van der Waals surface area contributed by atoms with E-state index in [1.165, 1.54) is 0 Å². The van der Waals surface area contributed by atoms with Crippen LogP contribution in [0, 0.1) is 0 Å². The van der Waals surface area contributed by atoms with Gasteiger partial charge in [0.1, 0.15) is 5.78 Å². The van der Waals surface area contributed by atoms with E-state index in [9.17, 15) is 4.79 Å². The predicted octanol–water partition coefficient (Wildman–Crippen LogP) is 1.78. The summed E-state index contributed by atoms with van der Waals surface area (Å²) in [5.41, 5.74) is 0. The number of hydrogen-bond donors (Lipinski definition) is 0. The van der Waals surface area contributed by atoms with Gasteiger partial charge in [0.05, 0.1) is 6.10 Å². The Morgan fingerprint density at radius 1 is 1.60 bits per heavy atom. The summed E-state index contributed by atoms with van der Waals surface area (Å²) in [6, 6.07) is 0. The molecular weight excluding hydrogens is 128 g/mol. The van der Waals surface area contributed by atoms with Crippen LogP contribution in [0.3, 0.4) is 0 Å². The van der Waals surface area contributed by atoms with Gasteiger partial charge in [0.15, 0.2) is 0 Å². The Balaban J connectivity index is 3.11. The third-order valence-corrected chi connectivity index (χ3v) is 1.54. The summed E-state index contributed by atoms with van der Waals surface area (Å²) in [4.78, 5) is 10.5. The van der Waals surface area contributed by atoms with Crippen LogP contribution in [0.15, 0.2) is 0 Å². The molecule has 0 bridgehead atoms. The fourth-order valence-corrected chi connectivity index (χ4v) is 0.756. The molecule has 0 saturated carbocycles. The van der Waals surface area contributed by atoms with Crippen molar-refractivity contribution in [3.8, 4) is 0 Å². The third-order valence-electron chi connectivity index (χ3n) is 1.54. The van der Waals surface area contributed by atoms with Crippen LogP contribution in [0.25, 0.3) is 0 Å². The molecule has 0 N–H and O–H groups in total. The van der Waals surface area contributed by atoms with Crippen molar-refractivity contribution in [1.29, 1.82) is 0 Å². The Morgan fingerprint density at radius 3 is 2.60 bits per heavy atom. The molecule has 60 valence electrons. The van der Waals surface area contributed by atoms with E-state index in [4.69, 9.17) is 4.74 Å². The first kappa shape index (κ1) is 9.63. The quantitative estimate of drug-likeness (QED) is 0.588. The lowest BCUT2D eigenvalue weighted by atomic mass is 10.1. The minimum atomic E-state index is 0.267. The topological polar surface area (TPSA) is 26.3 Å². The summed E-state index contributed by atoms with van der Waals surface area (Å²) in [7, 11) is 1.69. The molecule has 0 saturated heterocycles. The minimum Gasteiger partial charge on any atom is -0.382 e. The SMILES string of the molecule is COC(C)CCCC(C)=O. The highest BCUT2D eigenvalue weighted by molar-refractivity contribution is 5.75. The highest BCUT2D eigenvalue weighted by Crippen LogP contribution is 2.02. The van der Waals surface area contributed by atoms with E-state index >= 15 is 0 Å². The van der Waals surface area contributed by atoms with Crippen molar-refractivity contribution in [2.24, 2.45) is 0 Å². The zero-order valence-corrected chi connectivity index (χ0v) is 7.02. The van der Waals surface area contributed by atoms with E-state index in [0.29, 0.717) is 12.5 Å². The number of ether oxygens (including phenoxy) is 1. The minimum absolute atomic E-state index is 0.267. The molecule has 0 aliphatic carbocycles. The van der Waals surface area contributed by atoms with E-state index in [0.717, 1.165) is 12.8 Å². The van der Waals surface area contributed by atoms with Crippen molar-refractivity contribution >= 4 is 5.78 Å². The molecule has 0 amide bonds. The van der Waals surface area contributed by atoms with Gasteiger partial charge in [-0.2, -0.15) is 0 Å². The molecular formula is C8H16O2. The van der Waals surface area contributed by atoms with Crippen molar-refractivity contribution in [2.75, 3.05) is 7.11 Å². The normalized spacial score (nSPS) is 13.1. The smallest absolute Gasteiger partial charge is 0.129 e. The van der Waals surface area contributed by atoms with E-state index < -0.39 is 0 Å². The van der Waals surface area contributed by atoms with Crippen LogP contribution in [0.5, 0.6) is 0 Å². The number of carbonyl (C=O) groups excluding carboxylic acids is 1. The maximum absolute atomic E-state index is 10.5. The highest BCUT2D eigenvalue weighted by Gasteiger charge is 1.99. The summed E-state index contributed by atoms with van der Waals surface area (Å²) in [5, 5.41) is 0. The summed E-state index contributed by atoms with van der Waals surface area (Å²) in [6.07, 6.45) is 2.91. The zero-order valence-electron chi connectivity index (χ0n) is 7.02. The van der Waals surface area contributed by atoms with Gasteiger partial charge in [-0.25, -0.2) is 0 Å². The first-order chi connectivity index (χ1) is 4.66. The molecule has 10 heavy (non-hydrogen) atoms. The largest absolute Gasteiger partial charge is 0.382 e. The van der Waals surface area contributed by atoms with Crippen molar-refractivity contribution in [2.45, 2.75) is 39.2 Å². The fraction of sp³-hybridized carbons (Fsp3) is 0.875. The van der Waals surface area contributed by atoms with Crippen LogP contribution in [0.2, 0.25) is 0 Å². The number of hydrogen-bond acceptors (Lipinski definition) is 2. The van der Waals surface area contributed by atoms with Crippen LogP contribution in [0.1, 0.15) is 33.1 Å². The van der Waals surface area contributed by atoms with Crippen LogP contribution in [0.4, 0.5) is 0 Å². The van der Waals surface area contributed by atoms with E-state index in [-0.39, 0.29) is 5.78 Å². The second-order valence-corrected chi connectivity index (χ2v) is 2.64. The number of carbonyl (C=O) groups is 1.